The molecule has 6 nitrogen and oxygen atoms in total. The van der Waals surface area contributed by atoms with Gasteiger partial charge < -0.3 is 16.0 Å². The van der Waals surface area contributed by atoms with Gasteiger partial charge in [0, 0.05) is 27.8 Å². The lowest BCUT2D eigenvalue weighted by Gasteiger charge is -2.21. The predicted octanol–water partition coefficient (Wildman–Crippen LogP) is 3.95. The zero-order valence-electron chi connectivity index (χ0n) is 14.6. The van der Waals surface area contributed by atoms with E-state index < -0.39 is 6.03 Å². The van der Waals surface area contributed by atoms with Crippen molar-refractivity contribution in [3.05, 3.63) is 35.5 Å². The first-order valence-corrected chi connectivity index (χ1v) is 8.67. The summed E-state index contributed by atoms with van der Waals surface area (Å²) >= 11 is 0. The van der Waals surface area contributed by atoms with E-state index in [1.54, 1.807) is 0 Å². The number of H-pyrrole nitrogens is 2. The standard InChI is InChI=1S/C19H23N5O/c1-19(2)7-3-4-13-16(10-19)23-24-17(13)15-8-11-5-6-12(21-18(20)25)9-14(11)22-15/h5-6,8-9,22H,3-4,7,10H2,1-2H3,(H,23,24)(H3,20,21,25). The Balaban J connectivity index is 1.73. The third-order valence-corrected chi connectivity index (χ3v) is 5.03. The molecule has 0 atom stereocenters. The highest BCUT2D eigenvalue weighted by atomic mass is 16.2. The van der Waals surface area contributed by atoms with Gasteiger partial charge in [-0.05, 0) is 49.3 Å². The summed E-state index contributed by atoms with van der Waals surface area (Å²) in [6.45, 7) is 4.64. The van der Waals surface area contributed by atoms with Crippen LogP contribution in [0.5, 0.6) is 0 Å². The van der Waals surface area contributed by atoms with E-state index in [4.69, 9.17) is 5.73 Å². The third-order valence-electron chi connectivity index (χ3n) is 5.03. The number of hydrogen-bond acceptors (Lipinski definition) is 2. The molecule has 2 aromatic heterocycles. The summed E-state index contributed by atoms with van der Waals surface area (Å²) < 4.78 is 0. The van der Waals surface area contributed by atoms with Crippen molar-refractivity contribution < 1.29 is 4.79 Å². The number of nitrogens with two attached hydrogens (primary N) is 1. The monoisotopic (exact) mass is 337 g/mol. The number of amides is 2. The van der Waals surface area contributed by atoms with E-state index in [2.05, 4.69) is 40.4 Å². The molecule has 2 amide bonds. The molecule has 0 spiro atoms. The van der Waals surface area contributed by atoms with Crippen molar-refractivity contribution in [1.82, 2.24) is 15.2 Å². The van der Waals surface area contributed by atoms with Crippen LogP contribution in [-0.2, 0) is 12.8 Å². The van der Waals surface area contributed by atoms with Gasteiger partial charge in [-0.1, -0.05) is 19.9 Å². The molecule has 0 saturated heterocycles. The Morgan fingerprint density at radius 3 is 2.96 bits per heavy atom. The van der Waals surface area contributed by atoms with Crippen molar-refractivity contribution in [3.8, 4) is 11.4 Å². The Hall–Kier alpha value is -2.76. The van der Waals surface area contributed by atoms with Gasteiger partial charge in [0.25, 0.3) is 0 Å². The summed E-state index contributed by atoms with van der Waals surface area (Å²) in [6.07, 6.45) is 4.49. The predicted molar refractivity (Wildman–Crippen MR) is 99.5 cm³/mol. The molecule has 0 unspecified atom stereocenters. The van der Waals surface area contributed by atoms with Crippen molar-refractivity contribution in [1.29, 1.82) is 0 Å². The molecule has 0 bridgehead atoms. The average Bonchev–Trinajstić information content (AvgIpc) is 3.06. The number of benzene rings is 1. The number of nitrogens with one attached hydrogen (secondary N) is 3. The van der Waals surface area contributed by atoms with Gasteiger partial charge in [-0.2, -0.15) is 5.10 Å². The van der Waals surface area contributed by atoms with Crippen LogP contribution in [0.4, 0.5) is 10.5 Å². The summed E-state index contributed by atoms with van der Waals surface area (Å²) in [5, 5.41) is 11.5. The molecule has 2 heterocycles. The molecular formula is C19H23N5O. The van der Waals surface area contributed by atoms with E-state index in [1.165, 1.54) is 24.1 Å². The summed E-state index contributed by atoms with van der Waals surface area (Å²) in [6, 6.07) is 7.24. The molecule has 0 fully saturated rings. The third kappa shape index (κ3) is 2.99. The molecule has 1 aliphatic rings. The zero-order valence-corrected chi connectivity index (χ0v) is 14.6. The minimum Gasteiger partial charge on any atom is -0.353 e. The second-order valence-corrected chi connectivity index (χ2v) is 7.70. The van der Waals surface area contributed by atoms with Gasteiger partial charge in [-0.25, -0.2) is 4.79 Å². The lowest BCUT2D eigenvalue weighted by atomic mass is 9.85. The van der Waals surface area contributed by atoms with Gasteiger partial charge in [0.15, 0.2) is 0 Å². The highest BCUT2D eigenvalue weighted by molar-refractivity contribution is 5.93. The lowest BCUT2D eigenvalue weighted by Crippen LogP contribution is -2.19. The normalized spacial score (nSPS) is 16.4. The van der Waals surface area contributed by atoms with Gasteiger partial charge in [-0.3, -0.25) is 5.10 Å². The molecule has 0 saturated carbocycles. The number of hydrogen-bond donors (Lipinski definition) is 4. The van der Waals surface area contributed by atoms with Crippen LogP contribution < -0.4 is 11.1 Å². The van der Waals surface area contributed by atoms with E-state index in [9.17, 15) is 4.79 Å². The molecule has 3 aromatic rings. The second-order valence-electron chi connectivity index (χ2n) is 7.70. The van der Waals surface area contributed by atoms with Crippen LogP contribution in [0.25, 0.3) is 22.3 Å². The minimum absolute atomic E-state index is 0.310. The number of carbonyl (C=O) groups excluding carboxylic acids is 1. The minimum atomic E-state index is -0.564. The summed E-state index contributed by atoms with van der Waals surface area (Å²) in [5.74, 6) is 0. The number of primary amides is 1. The number of nitrogens with zero attached hydrogens (tertiary/aromatic N) is 1. The highest BCUT2D eigenvalue weighted by Gasteiger charge is 2.27. The first kappa shape index (κ1) is 15.7. The molecule has 5 N–H and O–H groups in total. The molecule has 4 rings (SSSR count). The molecule has 1 aliphatic carbocycles. The zero-order chi connectivity index (χ0) is 17.6. The van der Waals surface area contributed by atoms with Crippen LogP contribution in [0.2, 0.25) is 0 Å². The number of rotatable bonds is 2. The molecule has 130 valence electrons. The van der Waals surface area contributed by atoms with Crippen LogP contribution in [0, 0.1) is 5.41 Å². The molecule has 0 radical (unpaired) electrons. The van der Waals surface area contributed by atoms with Crippen molar-refractivity contribution in [2.24, 2.45) is 11.1 Å². The quantitative estimate of drug-likeness (QED) is 0.532. The van der Waals surface area contributed by atoms with Gasteiger partial charge >= 0.3 is 6.03 Å². The fourth-order valence-corrected chi connectivity index (χ4v) is 3.82. The number of carbonyl (C=O) groups is 1. The van der Waals surface area contributed by atoms with Crippen molar-refractivity contribution >= 4 is 22.6 Å². The van der Waals surface area contributed by atoms with E-state index in [-0.39, 0.29) is 0 Å². The summed E-state index contributed by atoms with van der Waals surface area (Å²) in [5.41, 5.74) is 11.7. The SMILES string of the molecule is CC1(C)CCCc2c(-c3cc4ccc(NC(N)=O)cc4[nH]3)n[nH]c2C1. The fraction of sp³-hybridized carbons (Fsp3) is 0.368. The van der Waals surface area contributed by atoms with Crippen LogP contribution in [0.1, 0.15) is 37.9 Å². The van der Waals surface area contributed by atoms with Crippen molar-refractivity contribution in [3.63, 3.8) is 0 Å². The first-order valence-electron chi connectivity index (χ1n) is 8.67. The molecule has 25 heavy (non-hydrogen) atoms. The van der Waals surface area contributed by atoms with E-state index in [0.717, 1.165) is 35.1 Å². The number of aromatic nitrogens is 3. The Morgan fingerprint density at radius 1 is 1.32 bits per heavy atom. The van der Waals surface area contributed by atoms with Gasteiger partial charge in [0.05, 0.1) is 5.69 Å². The first-order chi connectivity index (χ1) is 11.9. The maximum Gasteiger partial charge on any atom is 0.316 e. The topological polar surface area (TPSA) is 99.6 Å². The summed E-state index contributed by atoms with van der Waals surface area (Å²) in [7, 11) is 0. The van der Waals surface area contributed by atoms with Gasteiger partial charge in [0.2, 0.25) is 0 Å². The van der Waals surface area contributed by atoms with Crippen LogP contribution in [0.15, 0.2) is 24.3 Å². The summed E-state index contributed by atoms with van der Waals surface area (Å²) in [4.78, 5) is 14.5. The highest BCUT2D eigenvalue weighted by Crippen LogP contribution is 2.36. The maximum absolute atomic E-state index is 11.0. The second kappa shape index (κ2) is 5.65. The van der Waals surface area contributed by atoms with Gasteiger partial charge in [0.1, 0.15) is 5.69 Å². The van der Waals surface area contributed by atoms with E-state index in [0.29, 0.717) is 11.1 Å². The molecule has 6 heteroatoms. The molecule has 0 aliphatic heterocycles. The number of anilines is 1. The van der Waals surface area contributed by atoms with Crippen LogP contribution in [0.3, 0.4) is 0 Å². The molecular weight excluding hydrogens is 314 g/mol. The number of fused-ring (bicyclic) bond motifs is 2. The smallest absolute Gasteiger partial charge is 0.316 e. The van der Waals surface area contributed by atoms with E-state index >= 15 is 0 Å². The lowest BCUT2D eigenvalue weighted by molar-refractivity contribution is 0.259. The van der Waals surface area contributed by atoms with Crippen LogP contribution >= 0.6 is 0 Å². The van der Waals surface area contributed by atoms with Gasteiger partial charge in [-0.15, -0.1) is 0 Å². The Morgan fingerprint density at radius 2 is 2.16 bits per heavy atom. The fourth-order valence-electron chi connectivity index (χ4n) is 3.82. The van der Waals surface area contributed by atoms with Crippen LogP contribution in [-0.4, -0.2) is 21.2 Å². The van der Waals surface area contributed by atoms with Crippen molar-refractivity contribution in [2.45, 2.75) is 39.5 Å². The Bertz CT molecular complexity index is 950. The van der Waals surface area contributed by atoms with E-state index in [1.807, 2.05) is 18.2 Å². The van der Waals surface area contributed by atoms with Crippen molar-refractivity contribution in [2.75, 3.05) is 5.32 Å². The number of urea groups is 1. The number of aromatic amines is 2. The Labute approximate surface area is 146 Å². The average molecular weight is 337 g/mol. The molecule has 1 aromatic carbocycles. The Kier molecular flexibility index (Phi) is 3.56. The maximum atomic E-state index is 11.0. The largest absolute Gasteiger partial charge is 0.353 e.